The molecule has 104 valence electrons. The van der Waals surface area contributed by atoms with Crippen LogP contribution in [0, 0.1) is 0 Å². The molecule has 0 aromatic carbocycles. The highest BCUT2D eigenvalue weighted by Crippen LogP contribution is 2.37. The lowest BCUT2D eigenvalue weighted by atomic mass is 9.88. The van der Waals surface area contributed by atoms with Crippen LogP contribution in [0.15, 0.2) is 0 Å². The van der Waals surface area contributed by atoms with E-state index < -0.39 is 0 Å². The molecule has 3 rings (SSSR count). The minimum atomic E-state index is -0.222. The molecule has 2 aliphatic heterocycles. The van der Waals surface area contributed by atoms with Crippen molar-refractivity contribution >= 4 is 0 Å². The molecule has 18 heavy (non-hydrogen) atoms. The van der Waals surface area contributed by atoms with Crippen molar-refractivity contribution in [2.45, 2.75) is 63.6 Å². The van der Waals surface area contributed by atoms with Gasteiger partial charge >= 0.3 is 0 Å². The van der Waals surface area contributed by atoms with Crippen molar-refractivity contribution in [3.05, 3.63) is 0 Å². The molecule has 2 unspecified atom stereocenters. The molecule has 0 aromatic rings. The molecule has 2 atom stereocenters. The SMILES string of the molecule is CC1CN(C2CCC3(CC2)OCCO3)CC(C)O1. The molecule has 2 saturated heterocycles. The Morgan fingerprint density at radius 2 is 1.50 bits per heavy atom. The molecule has 3 fully saturated rings. The zero-order chi connectivity index (χ0) is 12.6. The summed E-state index contributed by atoms with van der Waals surface area (Å²) in [6.07, 6.45) is 5.22. The van der Waals surface area contributed by atoms with Crippen molar-refractivity contribution in [3.8, 4) is 0 Å². The maximum atomic E-state index is 5.81. The third-order valence-electron chi connectivity index (χ3n) is 4.49. The average Bonchev–Trinajstić information content (AvgIpc) is 2.77. The summed E-state index contributed by atoms with van der Waals surface area (Å²) in [6.45, 7) is 8.05. The summed E-state index contributed by atoms with van der Waals surface area (Å²) >= 11 is 0. The van der Waals surface area contributed by atoms with Gasteiger partial charge in [0.05, 0.1) is 25.4 Å². The molecule has 0 amide bonds. The van der Waals surface area contributed by atoms with E-state index >= 15 is 0 Å². The first-order chi connectivity index (χ1) is 8.67. The van der Waals surface area contributed by atoms with Gasteiger partial charge in [0.1, 0.15) is 0 Å². The van der Waals surface area contributed by atoms with Gasteiger partial charge in [-0.3, -0.25) is 4.90 Å². The Bertz CT molecular complexity index is 271. The smallest absolute Gasteiger partial charge is 0.168 e. The Kier molecular flexibility index (Phi) is 3.63. The first kappa shape index (κ1) is 12.9. The van der Waals surface area contributed by atoms with Crippen LogP contribution in [0.4, 0.5) is 0 Å². The molecule has 0 aromatic heterocycles. The van der Waals surface area contributed by atoms with Gasteiger partial charge < -0.3 is 14.2 Å². The lowest BCUT2D eigenvalue weighted by molar-refractivity contribution is -0.188. The summed E-state index contributed by atoms with van der Waals surface area (Å²) in [7, 11) is 0. The summed E-state index contributed by atoms with van der Waals surface area (Å²) in [6, 6.07) is 0.692. The molecule has 4 heteroatoms. The van der Waals surface area contributed by atoms with Crippen LogP contribution < -0.4 is 0 Å². The molecular weight excluding hydrogens is 230 g/mol. The van der Waals surface area contributed by atoms with Crippen LogP contribution in [-0.2, 0) is 14.2 Å². The van der Waals surface area contributed by atoms with Gasteiger partial charge in [-0.25, -0.2) is 0 Å². The van der Waals surface area contributed by atoms with Gasteiger partial charge in [0.2, 0.25) is 0 Å². The maximum absolute atomic E-state index is 5.81. The number of rotatable bonds is 1. The molecule has 0 N–H and O–H groups in total. The number of nitrogens with zero attached hydrogens (tertiary/aromatic N) is 1. The quantitative estimate of drug-likeness (QED) is 0.714. The van der Waals surface area contributed by atoms with Crippen molar-refractivity contribution in [3.63, 3.8) is 0 Å². The molecule has 1 saturated carbocycles. The molecule has 1 aliphatic carbocycles. The number of morpholine rings is 1. The van der Waals surface area contributed by atoms with Crippen LogP contribution in [0.3, 0.4) is 0 Å². The average molecular weight is 255 g/mol. The summed E-state index contributed by atoms with van der Waals surface area (Å²) < 4.78 is 17.4. The van der Waals surface area contributed by atoms with Gasteiger partial charge in [0.25, 0.3) is 0 Å². The molecule has 0 radical (unpaired) electrons. The molecule has 4 nitrogen and oxygen atoms in total. The zero-order valence-electron chi connectivity index (χ0n) is 11.6. The Morgan fingerprint density at radius 1 is 0.944 bits per heavy atom. The van der Waals surface area contributed by atoms with Gasteiger partial charge in [0.15, 0.2) is 5.79 Å². The number of hydrogen-bond donors (Lipinski definition) is 0. The van der Waals surface area contributed by atoms with E-state index in [9.17, 15) is 0 Å². The maximum Gasteiger partial charge on any atom is 0.168 e. The van der Waals surface area contributed by atoms with E-state index in [2.05, 4.69) is 18.7 Å². The third kappa shape index (κ3) is 2.57. The number of hydrogen-bond acceptors (Lipinski definition) is 4. The topological polar surface area (TPSA) is 30.9 Å². The fourth-order valence-corrected chi connectivity index (χ4v) is 3.71. The van der Waals surface area contributed by atoms with E-state index in [1.165, 1.54) is 12.8 Å². The highest BCUT2D eigenvalue weighted by Gasteiger charge is 2.42. The molecular formula is C14H25NO3. The van der Waals surface area contributed by atoms with Crippen LogP contribution in [0.5, 0.6) is 0 Å². The van der Waals surface area contributed by atoms with Crippen molar-refractivity contribution in [1.29, 1.82) is 0 Å². The highest BCUT2D eigenvalue weighted by atomic mass is 16.7. The van der Waals surface area contributed by atoms with Gasteiger partial charge in [-0.15, -0.1) is 0 Å². The van der Waals surface area contributed by atoms with E-state index in [1.54, 1.807) is 0 Å². The highest BCUT2D eigenvalue weighted by molar-refractivity contribution is 4.89. The first-order valence-electron chi connectivity index (χ1n) is 7.34. The largest absolute Gasteiger partial charge is 0.373 e. The minimum Gasteiger partial charge on any atom is -0.373 e. The second-order valence-electron chi connectivity index (χ2n) is 6.05. The summed E-state index contributed by atoms with van der Waals surface area (Å²) in [4.78, 5) is 2.61. The first-order valence-corrected chi connectivity index (χ1v) is 7.34. The van der Waals surface area contributed by atoms with Crippen LogP contribution in [0.25, 0.3) is 0 Å². The Labute approximate surface area is 110 Å². The normalized spacial score (nSPS) is 38.3. The zero-order valence-corrected chi connectivity index (χ0v) is 11.6. The van der Waals surface area contributed by atoms with Gasteiger partial charge in [-0.05, 0) is 26.7 Å². The van der Waals surface area contributed by atoms with Crippen LogP contribution in [0.2, 0.25) is 0 Å². The summed E-state index contributed by atoms with van der Waals surface area (Å²) in [5.41, 5.74) is 0. The summed E-state index contributed by atoms with van der Waals surface area (Å²) in [5.74, 6) is -0.222. The van der Waals surface area contributed by atoms with Crippen molar-refractivity contribution < 1.29 is 14.2 Å². The van der Waals surface area contributed by atoms with Crippen LogP contribution in [0.1, 0.15) is 39.5 Å². The summed E-state index contributed by atoms with van der Waals surface area (Å²) in [5, 5.41) is 0. The van der Waals surface area contributed by atoms with Crippen molar-refractivity contribution in [2.75, 3.05) is 26.3 Å². The molecule has 2 heterocycles. The minimum absolute atomic E-state index is 0.222. The predicted molar refractivity (Wildman–Crippen MR) is 68.5 cm³/mol. The van der Waals surface area contributed by atoms with Gasteiger partial charge in [-0.1, -0.05) is 0 Å². The Hall–Kier alpha value is -0.160. The van der Waals surface area contributed by atoms with Gasteiger partial charge in [0, 0.05) is 32.0 Å². The van der Waals surface area contributed by atoms with E-state index in [1.807, 2.05) is 0 Å². The second-order valence-corrected chi connectivity index (χ2v) is 6.05. The lowest BCUT2D eigenvalue weighted by Gasteiger charge is -2.44. The van der Waals surface area contributed by atoms with Crippen molar-refractivity contribution in [2.24, 2.45) is 0 Å². The van der Waals surface area contributed by atoms with Crippen LogP contribution >= 0.6 is 0 Å². The number of ether oxygens (including phenoxy) is 3. The third-order valence-corrected chi connectivity index (χ3v) is 4.49. The van der Waals surface area contributed by atoms with E-state index in [4.69, 9.17) is 14.2 Å². The standard InChI is InChI=1S/C14H25NO3/c1-11-9-15(10-12(2)18-11)13-3-5-14(6-4-13)16-7-8-17-14/h11-13H,3-10H2,1-2H3. The van der Waals surface area contributed by atoms with E-state index in [-0.39, 0.29) is 5.79 Å². The Balaban J connectivity index is 1.55. The van der Waals surface area contributed by atoms with Gasteiger partial charge in [-0.2, -0.15) is 0 Å². The van der Waals surface area contributed by atoms with E-state index in [0.29, 0.717) is 18.2 Å². The van der Waals surface area contributed by atoms with E-state index in [0.717, 1.165) is 39.1 Å². The monoisotopic (exact) mass is 255 g/mol. The lowest BCUT2D eigenvalue weighted by Crippen LogP contribution is -2.52. The second kappa shape index (κ2) is 5.08. The molecule has 0 bridgehead atoms. The Morgan fingerprint density at radius 3 is 2.06 bits per heavy atom. The fourth-order valence-electron chi connectivity index (χ4n) is 3.71. The van der Waals surface area contributed by atoms with Crippen molar-refractivity contribution in [1.82, 2.24) is 4.90 Å². The molecule has 1 spiro atoms. The molecule has 3 aliphatic rings. The predicted octanol–water partition coefficient (Wildman–Crippen LogP) is 1.78. The fraction of sp³-hybridized carbons (Fsp3) is 1.00. The van der Waals surface area contributed by atoms with Crippen LogP contribution in [-0.4, -0.2) is 55.2 Å².